The van der Waals surface area contributed by atoms with Gasteiger partial charge in [-0.05, 0) is 35.7 Å². The van der Waals surface area contributed by atoms with Gasteiger partial charge in [-0.2, -0.15) is 0 Å². The van der Waals surface area contributed by atoms with Gasteiger partial charge >= 0.3 is 0 Å². The van der Waals surface area contributed by atoms with Crippen LogP contribution < -0.4 is 10.1 Å². The van der Waals surface area contributed by atoms with Crippen molar-refractivity contribution in [1.82, 2.24) is 5.32 Å². The third kappa shape index (κ3) is 4.16. The molecule has 20 heavy (non-hydrogen) atoms. The number of amides is 1. The van der Waals surface area contributed by atoms with E-state index in [0.717, 1.165) is 5.76 Å². The Morgan fingerprint density at radius 1 is 1.30 bits per heavy atom. The van der Waals surface area contributed by atoms with E-state index in [4.69, 9.17) is 9.15 Å². The van der Waals surface area contributed by atoms with Crippen LogP contribution in [0, 0.1) is 0 Å². The number of benzene rings is 1. The van der Waals surface area contributed by atoms with Crippen LogP contribution in [0.2, 0.25) is 0 Å². The molecule has 1 aromatic heterocycles. The summed E-state index contributed by atoms with van der Waals surface area (Å²) in [5.41, 5.74) is 1.19. The molecule has 0 spiro atoms. The van der Waals surface area contributed by atoms with E-state index in [1.54, 1.807) is 12.3 Å². The van der Waals surface area contributed by atoms with Gasteiger partial charge < -0.3 is 14.5 Å². The number of hydrogen-bond acceptors (Lipinski definition) is 3. The quantitative estimate of drug-likeness (QED) is 0.880. The monoisotopic (exact) mass is 273 g/mol. The Morgan fingerprint density at radius 2 is 2.15 bits per heavy atom. The minimum atomic E-state index is -0.170. The van der Waals surface area contributed by atoms with Crippen LogP contribution in [0.5, 0.6) is 5.75 Å². The second-order valence-corrected chi connectivity index (χ2v) is 4.87. The summed E-state index contributed by atoms with van der Waals surface area (Å²) in [6.07, 6.45) is 1.58. The minimum Gasteiger partial charge on any atom is -0.484 e. The molecular weight excluding hydrogens is 254 g/mol. The topological polar surface area (TPSA) is 51.5 Å². The average Bonchev–Trinajstić information content (AvgIpc) is 2.96. The van der Waals surface area contributed by atoms with E-state index in [2.05, 4.69) is 25.2 Å². The Labute approximate surface area is 118 Å². The van der Waals surface area contributed by atoms with Crippen LogP contribution >= 0.6 is 0 Å². The summed E-state index contributed by atoms with van der Waals surface area (Å²) in [5.74, 6) is 1.70. The fraction of sp³-hybridized carbons (Fsp3) is 0.312. The first-order valence-electron chi connectivity index (χ1n) is 6.67. The Bertz CT molecular complexity index is 547. The number of hydrogen-bond donors (Lipinski definition) is 1. The molecule has 4 heteroatoms. The highest BCUT2D eigenvalue weighted by Gasteiger charge is 2.05. The van der Waals surface area contributed by atoms with Crippen LogP contribution in [0.25, 0.3) is 0 Å². The molecule has 2 aromatic rings. The Morgan fingerprint density at radius 3 is 2.85 bits per heavy atom. The maximum absolute atomic E-state index is 11.7. The van der Waals surface area contributed by atoms with Gasteiger partial charge in [0.1, 0.15) is 11.5 Å². The fourth-order valence-corrected chi connectivity index (χ4v) is 1.76. The van der Waals surface area contributed by atoms with Gasteiger partial charge in [0.25, 0.3) is 5.91 Å². The molecule has 1 aromatic carbocycles. The first-order chi connectivity index (χ1) is 9.65. The Balaban J connectivity index is 1.79. The molecule has 0 radical (unpaired) electrons. The summed E-state index contributed by atoms with van der Waals surface area (Å²) in [6.45, 7) is 4.62. The number of ether oxygens (including phenoxy) is 1. The van der Waals surface area contributed by atoms with Gasteiger partial charge in [0.2, 0.25) is 0 Å². The maximum Gasteiger partial charge on any atom is 0.258 e. The lowest BCUT2D eigenvalue weighted by atomic mass is 10.0. The first-order valence-corrected chi connectivity index (χ1v) is 6.67. The molecule has 0 unspecified atom stereocenters. The molecule has 0 aliphatic rings. The molecule has 0 atom stereocenters. The summed E-state index contributed by atoms with van der Waals surface area (Å²) in [7, 11) is 0. The molecule has 106 valence electrons. The number of furan rings is 1. The van der Waals surface area contributed by atoms with E-state index < -0.39 is 0 Å². The standard InChI is InChI=1S/C16H19NO3/c1-12(2)13-5-3-6-14(9-13)20-11-16(18)17-10-15-7-4-8-19-15/h3-9,12H,10-11H2,1-2H3,(H,17,18). The summed E-state index contributed by atoms with van der Waals surface area (Å²) in [5, 5.41) is 2.73. The van der Waals surface area contributed by atoms with Crippen molar-refractivity contribution in [2.24, 2.45) is 0 Å². The fourth-order valence-electron chi connectivity index (χ4n) is 1.76. The molecule has 0 saturated heterocycles. The van der Waals surface area contributed by atoms with Gasteiger partial charge in [0.05, 0.1) is 12.8 Å². The lowest BCUT2D eigenvalue weighted by Crippen LogP contribution is -2.28. The third-order valence-electron chi connectivity index (χ3n) is 2.93. The maximum atomic E-state index is 11.7. The van der Waals surface area contributed by atoms with E-state index in [1.807, 2.05) is 24.3 Å². The van der Waals surface area contributed by atoms with Crippen molar-refractivity contribution < 1.29 is 13.9 Å². The highest BCUT2D eigenvalue weighted by atomic mass is 16.5. The second kappa shape index (κ2) is 6.80. The normalized spacial score (nSPS) is 10.6. The van der Waals surface area contributed by atoms with Gasteiger partial charge in [-0.1, -0.05) is 26.0 Å². The van der Waals surface area contributed by atoms with Crippen molar-refractivity contribution in [1.29, 1.82) is 0 Å². The molecule has 1 heterocycles. The largest absolute Gasteiger partial charge is 0.484 e. The van der Waals surface area contributed by atoms with Crippen molar-refractivity contribution in [3.8, 4) is 5.75 Å². The number of carbonyl (C=O) groups excluding carboxylic acids is 1. The summed E-state index contributed by atoms with van der Waals surface area (Å²) in [4.78, 5) is 11.7. The van der Waals surface area contributed by atoms with Crippen LogP contribution in [0.3, 0.4) is 0 Å². The second-order valence-electron chi connectivity index (χ2n) is 4.87. The van der Waals surface area contributed by atoms with Gasteiger partial charge in [-0.25, -0.2) is 0 Å². The molecule has 0 bridgehead atoms. The molecule has 4 nitrogen and oxygen atoms in total. The summed E-state index contributed by atoms with van der Waals surface area (Å²) < 4.78 is 10.6. The predicted molar refractivity (Wildman–Crippen MR) is 76.6 cm³/mol. The van der Waals surface area contributed by atoms with Crippen LogP contribution in [-0.2, 0) is 11.3 Å². The van der Waals surface area contributed by atoms with E-state index >= 15 is 0 Å². The van der Waals surface area contributed by atoms with E-state index in [-0.39, 0.29) is 12.5 Å². The Hall–Kier alpha value is -2.23. The number of nitrogens with one attached hydrogen (secondary N) is 1. The summed E-state index contributed by atoms with van der Waals surface area (Å²) in [6, 6.07) is 11.4. The smallest absolute Gasteiger partial charge is 0.258 e. The minimum absolute atomic E-state index is 0.00224. The number of carbonyl (C=O) groups is 1. The molecule has 0 aliphatic carbocycles. The van der Waals surface area contributed by atoms with Crippen molar-refractivity contribution in [2.75, 3.05) is 6.61 Å². The highest BCUT2D eigenvalue weighted by Crippen LogP contribution is 2.19. The molecule has 0 aliphatic heterocycles. The zero-order valence-corrected chi connectivity index (χ0v) is 11.8. The SMILES string of the molecule is CC(C)c1cccc(OCC(=O)NCc2ccco2)c1. The average molecular weight is 273 g/mol. The van der Waals surface area contributed by atoms with Crippen molar-refractivity contribution in [2.45, 2.75) is 26.3 Å². The van der Waals surface area contributed by atoms with E-state index in [9.17, 15) is 4.79 Å². The Kier molecular flexibility index (Phi) is 4.82. The molecule has 1 amide bonds. The van der Waals surface area contributed by atoms with Gasteiger partial charge in [-0.15, -0.1) is 0 Å². The van der Waals surface area contributed by atoms with Crippen LogP contribution in [0.15, 0.2) is 47.1 Å². The van der Waals surface area contributed by atoms with Crippen LogP contribution in [0.4, 0.5) is 0 Å². The highest BCUT2D eigenvalue weighted by molar-refractivity contribution is 5.77. The van der Waals surface area contributed by atoms with Gasteiger partial charge in [-0.3, -0.25) is 4.79 Å². The molecule has 1 N–H and O–H groups in total. The third-order valence-corrected chi connectivity index (χ3v) is 2.93. The van der Waals surface area contributed by atoms with Crippen LogP contribution in [0.1, 0.15) is 31.1 Å². The predicted octanol–water partition coefficient (Wildman–Crippen LogP) is 3.10. The molecule has 0 fully saturated rings. The zero-order chi connectivity index (χ0) is 14.4. The van der Waals surface area contributed by atoms with Crippen molar-refractivity contribution >= 4 is 5.91 Å². The van der Waals surface area contributed by atoms with Crippen molar-refractivity contribution in [3.05, 3.63) is 54.0 Å². The lowest BCUT2D eigenvalue weighted by Gasteiger charge is -2.10. The summed E-state index contributed by atoms with van der Waals surface area (Å²) >= 11 is 0. The van der Waals surface area contributed by atoms with Crippen molar-refractivity contribution in [3.63, 3.8) is 0 Å². The van der Waals surface area contributed by atoms with Gasteiger partial charge in [0.15, 0.2) is 6.61 Å². The molecular formula is C16H19NO3. The number of rotatable bonds is 6. The van der Waals surface area contributed by atoms with E-state index in [0.29, 0.717) is 18.2 Å². The molecule has 2 rings (SSSR count). The first kappa shape index (κ1) is 14.2. The molecule has 0 saturated carbocycles. The lowest BCUT2D eigenvalue weighted by molar-refractivity contribution is -0.123. The van der Waals surface area contributed by atoms with E-state index in [1.165, 1.54) is 5.56 Å². The van der Waals surface area contributed by atoms with Crippen LogP contribution in [-0.4, -0.2) is 12.5 Å². The zero-order valence-electron chi connectivity index (χ0n) is 11.8. The van der Waals surface area contributed by atoms with Gasteiger partial charge in [0, 0.05) is 0 Å².